The average molecular weight is 582 g/mol. The third-order valence-corrected chi connectivity index (χ3v) is 9.50. The molecule has 6 aromatic carbocycles. The number of nitrogens with zero attached hydrogens (tertiary/aromatic N) is 3. The van der Waals surface area contributed by atoms with E-state index in [4.69, 9.17) is 15.0 Å². The molecule has 0 unspecified atom stereocenters. The summed E-state index contributed by atoms with van der Waals surface area (Å²) in [6.07, 6.45) is 0. The normalized spacial score (nSPS) is 13.6. The fourth-order valence-corrected chi connectivity index (χ4v) is 6.93. The predicted molar refractivity (Wildman–Crippen MR) is 187 cm³/mol. The Morgan fingerprint density at radius 2 is 0.956 bits per heavy atom. The van der Waals surface area contributed by atoms with Gasteiger partial charge in [-0.25, -0.2) is 15.0 Å². The maximum Gasteiger partial charge on any atom is 0.164 e. The Balaban J connectivity index is 1.34. The Bertz CT molecular complexity index is 2180. The van der Waals surface area contributed by atoms with Gasteiger partial charge in [0.2, 0.25) is 0 Å². The summed E-state index contributed by atoms with van der Waals surface area (Å²) in [6, 6.07) is 43.3. The standard InChI is InChI=1S/C42H35N3/c1-41(2,3)29-21-23-33-32-22-20-28(24-36(32)42(4,5)37(33)25-29)38-43-39(34-18-10-14-26-12-6-8-16-30(26)34)45-40(44-38)35-19-11-15-27-13-7-9-17-31(27)35/h6-25H,1-5H3. The minimum Gasteiger partial charge on any atom is -0.208 e. The monoisotopic (exact) mass is 581 g/mol. The molecule has 0 saturated heterocycles. The largest absolute Gasteiger partial charge is 0.208 e. The molecule has 0 saturated carbocycles. The fraction of sp³-hybridized carbons (Fsp3) is 0.167. The SMILES string of the molecule is CC(C)(C)c1ccc2c(c1)C(C)(C)c1cc(-c3nc(-c4cccc5ccccc45)nc(-c4cccc5ccccc45)n3)ccc1-2. The Morgan fingerprint density at radius 3 is 1.53 bits per heavy atom. The molecule has 3 heteroatoms. The van der Waals surface area contributed by atoms with Gasteiger partial charge in [-0.1, -0.05) is 150 Å². The van der Waals surface area contributed by atoms with Gasteiger partial charge in [0.1, 0.15) is 0 Å². The van der Waals surface area contributed by atoms with Crippen molar-refractivity contribution in [1.29, 1.82) is 0 Å². The number of fused-ring (bicyclic) bond motifs is 5. The predicted octanol–water partition coefficient (Wildman–Crippen LogP) is 10.8. The molecule has 8 rings (SSSR count). The third kappa shape index (κ3) is 4.45. The summed E-state index contributed by atoms with van der Waals surface area (Å²) >= 11 is 0. The number of rotatable bonds is 3. The number of hydrogen-bond donors (Lipinski definition) is 0. The summed E-state index contributed by atoms with van der Waals surface area (Å²) in [4.78, 5) is 15.5. The third-order valence-electron chi connectivity index (χ3n) is 9.50. The summed E-state index contributed by atoms with van der Waals surface area (Å²) in [5.74, 6) is 2.04. The molecule has 0 amide bonds. The van der Waals surface area contributed by atoms with Crippen molar-refractivity contribution in [3.8, 4) is 45.3 Å². The molecule has 0 N–H and O–H groups in total. The maximum atomic E-state index is 5.18. The quantitative estimate of drug-likeness (QED) is 0.208. The van der Waals surface area contributed by atoms with Crippen LogP contribution < -0.4 is 0 Å². The fourth-order valence-electron chi connectivity index (χ4n) is 6.93. The van der Waals surface area contributed by atoms with E-state index in [1.165, 1.54) is 27.8 Å². The maximum absolute atomic E-state index is 5.18. The molecule has 0 aliphatic heterocycles. The lowest BCUT2D eigenvalue weighted by molar-refractivity contribution is 0.584. The van der Waals surface area contributed by atoms with Crippen LogP contribution in [0, 0.1) is 0 Å². The van der Waals surface area contributed by atoms with Crippen LogP contribution in [0.2, 0.25) is 0 Å². The van der Waals surface area contributed by atoms with Gasteiger partial charge >= 0.3 is 0 Å². The first-order chi connectivity index (χ1) is 21.7. The van der Waals surface area contributed by atoms with Crippen molar-refractivity contribution in [2.75, 3.05) is 0 Å². The van der Waals surface area contributed by atoms with E-state index in [2.05, 4.69) is 156 Å². The van der Waals surface area contributed by atoms with Crippen LogP contribution in [-0.2, 0) is 10.8 Å². The van der Waals surface area contributed by atoms with Crippen LogP contribution in [0.15, 0.2) is 121 Å². The highest BCUT2D eigenvalue weighted by Gasteiger charge is 2.36. The number of hydrogen-bond acceptors (Lipinski definition) is 3. The lowest BCUT2D eigenvalue weighted by Gasteiger charge is -2.25. The molecule has 0 fully saturated rings. The van der Waals surface area contributed by atoms with E-state index < -0.39 is 0 Å². The Kier molecular flexibility index (Phi) is 6.05. The summed E-state index contributed by atoms with van der Waals surface area (Å²) < 4.78 is 0. The van der Waals surface area contributed by atoms with E-state index in [1.54, 1.807) is 0 Å². The molecular weight excluding hydrogens is 546 g/mol. The Hall–Kier alpha value is -5.15. The second kappa shape index (κ2) is 9.93. The molecule has 45 heavy (non-hydrogen) atoms. The number of aromatic nitrogens is 3. The van der Waals surface area contributed by atoms with Crippen LogP contribution >= 0.6 is 0 Å². The molecular formula is C42H35N3. The molecule has 1 heterocycles. The van der Waals surface area contributed by atoms with Crippen molar-refractivity contribution in [3.63, 3.8) is 0 Å². The molecule has 1 aromatic heterocycles. The van der Waals surface area contributed by atoms with Crippen LogP contribution in [0.1, 0.15) is 51.3 Å². The van der Waals surface area contributed by atoms with E-state index in [9.17, 15) is 0 Å². The first-order valence-corrected chi connectivity index (χ1v) is 15.7. The second-order valence-electron chi connectivity index (χ2n) is 13.8. The van der Waals surface area contributed by atoms with Crippen LogP contribution in [0.25, 0.3) is 66.8 Å². The molecule has 0 bridgehead atoms. The topological polar surface area (TPSA) is 38.7 Å². The molecule has 0 atom stereocenters. The van der Waals surface area contributed by atoms with Gasteiger partial charge < -0.3 is 0 Å². The Labute approximate surface area is 264 Å². The summed E-state index contributed by atoms with van der Waals surface area (Å²) in [5.41, 5.74) is 9.59. The van der Waals surface area contributed by atoms with Crippen molar-refractivity contribution in [1.82, 2.24) is 15.0 Å². The highest BCUT2D eigenvalue weighted by atomic mass is 15.0. The van der Waals surface area contributed by atoms with Gasteiger partial charge in [-0.15, -0.1) is 0 Å². The lowest BCUT2D eigenvalue weighted by atomic mass is 9.79. The van der Waals surface area contributed by atoms with Gasteiger partial charge in [-0.2, -0.15) is 0 Å². The lowest BCUT2D eigenvalue weighted by Crippen LogP contribution is -2.17. The van der Waals surface area contributed by atoms with Crippen molar-refractivity contribution in [2.45, 2.75) is 45.4 Å². The summed E-state index contributed by atoms with van der Waals surface area (Å²) in [7, 11) is 0. The van der Waals surface area contributed by atoms with Crippen molar-refractivity contribution < 1.29 is 0 Å². The van der Waals surface area contributed by atoms with Gasteiger partial charge in [0, 0.05) is 22.1 Å². The van der Waals surface area contributed by atoms with Gasteiger partial charge in [0.25, 0.3) is 0 Å². The van der Waals surface area contributed by atoms with Crippen LogP contribution in [0.3, 0.4) is 0 Å². The van der Waals surface area contributed by atoms with Crippen LogP contribution in [0.5, 0.6) is 0 Å². The van der Waals surface area contributed by atoms with E-state index >= 15 is 0 Å². The van der Waals surface area contributed by atoms with Gasteiger partial charge in [0.05, 0.1) is 0 Å². The zero-order chi connectivity index (χ0) is 30.9. The minimum atomic E-state index is -0.147. The van der Waals surface area contributed by atoms with Crippen LogP contribution in [-0.4, -0.2) is 15.0 Å². The van der Waals surface area contributed by atoms with E-state index in [-0.39, 0.29) is 10.8 Å². The van der Waals surface area contributed by atoms with Crippen molar-refractivity contribution in [3.05, 3.63) is 138 Å². The molecule has 7 aromatic rings. The zero-order valence-corrected chi connectivity index (χ0v) is 26.4. The first kappa shape index (κ1) is 27.4. The van der Waals surface area contributed by atoms with Gasteiger partial charge in [-0.3, -0.25) is 0 Å². The molecule has 3 nitrogen and oxygen atoms in total. The molecule has 1 aliphatic rings. The Morgan fingerprint density at radius 1 is 0.467 bits per heavy atom. The van der Waals surface area contributed by atoms with Crippen molar-refractivity contribution >= 4 is 21.5 Å². The minimum absolute atomic E-state index is 0.0892. The summed E-state index contributed by atoms with van der Waals surface area (Å²) in [5, 5.41) is 4.58. The molecule has 1 aliphatic carbocycles. The van der Waals surface area contributed by atoms with E-state index in [0.29, 0.717) is 17.5 Å². The second-order valence-corrected chi connectivity index (χ2v) is 13.8. The van der Waals surface area contributed by atoms with E-state index in [1.807, 2.05) is 0 Å². The number of benzene rings is 6. The zero-order valence-electron chi connectivity index (χ0n) is 26.4. The highest BCUT2D eigenvalue weighted by Crippen LogP contribution is 2.50. The smallest absolute Gasteiger partial charge is 0.164 e. The average Bonchev–Trinajstić information content (AvgIpc) is 3.28. The van der Waals surface area contributed by atoms with Gasteiger partial charge in [0.15, 0.2) is 17.5 Å². The van der Waals surface area contributed by atoms with Crippen molar-refractivity contribution in [2.24, 2.45) is 0 Å². The molecule has 218 valence electrons. The van der Waals surface area contributed by atoms with E-state index in [0.717, 1.165) is 38.2 Å². The molecule has 0 radical (unpaired) electrons. The van der Waals surface area contributed by atoms with Crippen LogP contribution in [0.4, 0.5) is 0 Å². The summed E-state index contributed by atoms with van der Waals surface area (Å²) in [6.45, 7) is 11.5. The highest BCUT2D eigenvalue weighted by molar-refractivity contribution is 5.97. The van der Waals surface area contributed by atoms with Gasteiger partial charge in [-0.05, 0) is 60.8 Å². The molecule has 0 spiro atoms. The first-order valence-electron chi connectivity index (χ1n) is 15.7.